The van der Waals surface area contributed by atoms with E-state index < -0.39 is 0 Å². The van der Waals surface area contributed by atoms with Gasteiger partial charge in [0.1, 0.15) is 11.3 Å². The number of guanidine groups is 1. The lowest BCUT2D eigenvalue weighted by Gasteiger charge is -1.91. The fourth-order valence-electron chi connectivity index (χ4n) is 1.34. The lowest BCUT2D eigenvalue weighted by molar-refractivity contribution is 0.604. The Morgan fingerprint density at radius 1 is 1.19 bits per heavy atom. The number of hydrogen-bond acceptors (Lipinski definition) is 3. The molecule has 0 bridgehead atoms. The molecule has 1 heterocycles. The van der Waals surface area contributed by atoms with Gasteiger partial charge in [0.15, 0.2) is 5.76 Å². The van der Waals surface area contributed by atoms with Crippen LogP contribution in [0.5, 0.6) is 0 Å². The molecule has 0 saturated heterocycles. The van der Waals surface area contributed by atoms with Crippen molar-refractivity contribution >= 4 is 22.6 Å². The zero-order chi connectivity index (χ0) is 11.5. The number of nitrogens with two attached hydrogens (primary N) is 2. The molecular formula is C11H12N4O. The van der Waals surface area contributed by atoms with Crippen molar-refractivity contribution in [3.05, 3.63) is 36.1 Å². The highest BCUT2D eigenvalue weighted by Crippen LogP contribution is 2.19. The van der Waals surface area contributed by atoms with E-state index in [0.29, 0.717) is 11.5 Å². The quantitative estimate of drug-likeness (QED) is 0.452. The molecule has 0 unspecified atom stereocenters. The Kier molecular flexibility index (Phi) is 2.59. The van der Waals surface area contributed by atoms with Gasteiger partial charge in [-0.3, -0.25) is 0 Å². The molecule has 0 aliphatic carbocycles. The first-order valence-corrected chi connectivity index (χ1v) is 4.79. The van der Waals surface area contributed by atoms with Crippen LogP contribution >= 0.6 is 0 Å². The predicted molar refractivity (Wildman–Crippen MR) is 64.2 cm³/mol. The molecule has 0 spiro atoms. The first kappa shape index (κ1) is 10.2. The van der Waals surface area contributed by atoms with Gasteiger partial charge in [0, 0.05) is 5.39 Å². The van der Waals surface area contributed by atoms with Gasteiger partial charge in [0.25, 0.3) is 0 Å². The molecule has 1 aromatic carbocycles. The molecule has 2 aromatic rings. The van der Waals surface area contributed by atoms with Gasteiger partial charge >= 0.3 is 0 Å². The summed E-state index contributed by atoms with van der Waals surface area (Å²) in [6, 6.07) is 9.63. The first-order valence-electron chi connectivity index (χ1n) is 4.79. The number of nitrogens with zero attached hydrogens (tertiary/aromatic N) is 2. The normalized spacial score (nSPS) is 11.7. The van der Waals surface area contributed by atoms with Crippen LogP contribution in [0.15, 0.2) is 45.0 Å². The lowest BCUT2D eigenvalue weighted by atomic mass is 10.2. The molecule has 0 radical (unpaired) electrons. The summed E-state index contributed by atoms with van der Waals surface area (Å²) in [4.78, 5) is 0. The Morgan fingerprint density at radius 3 is 2.62 bits per heavy atom. The second-order valence-corrected chi connectivity index (χ2v) is 3.36. The third-order valence-electron chi connectivity index (χ3n) is 2.10. The largest absolute Gasteiger partial charge is 0.455 e. The predicted octanol–water partition coefficient (Wildman–Crippen LogP) is 1.43. The summed E-state index contributed by atoms with van der Waals surface area (Å²) in [5, 5.41) is 8.45. The molecule has 0 aliphatic heterocycles. The first-order chi connectivity index (χ1) is 7.66. The standard InChI is InChI=1S/C11H12N4O/c1-7(14-15-11(12)13)10-6-8-4-2-3-5-9(8)16-10/h2-6H,1H3,(H4,12,13,15)/b14-7-. The second-order valence-electron chi connectivity index (χ2n) is 3.36. The minimum absolute atomic E-state index is 0.0736. The van der Waals surface area contributed by atoms with Gasteiger partial charge in [0.05, 0.1) is 0 Å². The summed E-state index contributed by atoms with van der Waals surface area (Å²) < 4.78 is 5.58. The van der Waals surface area contributed by atoms with Crippen LogP contribution in [-0.4, -0.2) is 11.7 Å². The summed E-state index contributed by atoms with van der Waals surface area (Å²) in [5.41, 5.74) is 11.8. The van der Waals surface area contributed by atoms with Crippen molar-refractivity contribution in [3.8, 4) is 0 Å². The zero-order valence-electron chi connectivity index (χ0n) is 8.84. The Morgan fingerprint density at radius 2 is 1.94 bits per heavy atom. The van der Waals surface area contributed by atoms with E-state index >= 15 is 0 Å². The molecule has 0 aliphatic rings. The van der Waals surface area contributed by atoms with Crippen LogP contribution in [0.2, 0.25) is 0 Å². The van der Waals surface area contributed by atoms with Crippen LogP contribution in [0.1, 0.15) is 12.7 Å². The summed E-state index contributed by atoms with van der Waals surface area (Å²) in [6.07, 6.45) is 0. The van der Waals surface area contributed by atoms with Gasteiger partial charge in [-0.2, -0.15) is 0 Å². The average molecular weight is 216 g/mol. The van der Waals surface area contributed by atoms with Crippen LogP contribution in [0, 0.1) is 0 Å². The van der Waals surface area contributed by atoms with Crippen LogP contribution in [0.25, 0.3) is 11.0 Å². The van der Waals surface area contributed by atoms with Gasteiger partial charge in [-0.05, 0) is 19.1 Å². The van der Waals surface area contributed by atoms with E-state index in [0.717, 1.165) is 11.0 Å². The molecule has 5 heteroatoms. The summed E-state index contributed by atoms with van der Waals surface area (Å²) in [7, 11) is 0. The number of hydrogen-bond donors (Lipinski definition) is 2. The van der Waals surface area contributed by atoms with Crippen molar-refractivity contribution in [3.63, 3.8) is 0 Å². The number of furan rings is 1. The number of fused-ring (bicyclic) bond motifs is 1. The van der Waals surface area contributed by atoms with Crippen molar-refractivity contribution in [2.75, 3.05) is 0 Å². The maximum Gasteiger partial charge on any atom is 0.211 e. The maximum absolute atomic E-state index is 5.58. The lowest BCUT2D eigenvalue weighted by Crippen LogP contribution is -2.22. The molecule has 2 rings (SSSR count). The summed E-state index contributed by atoms with van der Waals surface area (Å²) in [6.45, 7) is 1.78. The molecule has 0 atom stereocenters. The van der Waals surface area contributed by atoms with Crippen molar-refractivity contribution in [1.29, 1.82) is 0 Å². The van der Waals surface area contributed by atoms with Crippen molar-refractivity contribution < 1.29 is 4.42 Å². The van der Waals surface area contributed by atoms with Gasteiger partial charge in [-0.1, -0.05) is 18.2 Å². The smallest absolute Gasteiger partial charge is 0.211 e. The fraction of sp³-hybridized carbons (Fsp3) is 0.0909. The van der Waals surface area contributed by atoms with Gasteiger partial charge in [-0.25, -0.2) is 0 Å². The Bertz CT molecular complexity index is 531. The van der Waals surface area contributed by atoms with Gasteiger partial charge in [-0.15, -0.1) is 10.2 Å². The van der Waals surface area contributed by atoms with E-state index in [1.807, 2.05) is 30.3 Å². The number of rotatable bonds is 2. The summed E-state index contributed by atoms with van der Waals surface area (Å²) >= 11 is 0. The monoisotopic (exact) mass is 216 g/mol. The van der Waals surface area contributed by atoms with Crippen LogP contribution in [0.4, 0.5) is 0 Å². The third-order valence-corrected chi connectivity index (χ3v) is 2.10. The molecule has 16 heavy (non-hydrogen) atoms. The Labute approximate surface area is 92.4 Å². The van der Waals surface area contributed by atoms with Crippen molar-refractivity contribution in [1.82, 2.24) is 0 Å². The molecule has 82 valence electrons. The van der Waals surface area contributed by atoms with E-state index in [9.17, 15) is 0 Å². The molecule has 0 fully saturated rings. The van der Waals surface area contributed by atoms with Crippen molar-refractivity contribution in [2.24, 2.45) is 21.7 Å². The second kappa shape index (κ2) is 4.06. The molecule has 4 N–H and O–H groups in total. The topological polar surface area (TPSA) is 89.9 Å². The van der Waals surface area contributed by atoms with Crippen molar-refractivity contribution in [2.45, 2.75) is 6.92 Å². The average Bonchev–Trinajstić information content (AvgIpc) is 2.69. The SMILES string of the molecule is C/C(=N/N=C(N)N)c1cc2ccccc2o1. The Hall–Kier alpha value is -2.30. The molecule has 0 amide bonds. The minimum atomic E-state index is -0.0736. The van der Waals surface area contributed by atoms with E-state index in [-0.39, 0.29) is 5.96 Å². The maximum atomic E-state index is 5.58. The molecule has 5 nitrogen and oxygen atoms in total. The number of benzene rings is 1. The minimum Gasteiger partial charge on any atom is -0.455 e. The highest BCUT2D eigenvalue weighted by molar-refractivity contribution is 5.99. The highest BCUT2D eigenvalue weighted by Gasteiger charge is 2.05. The molecular weight excluding hydrogens is 204 g/mol. The van der Waals surface area contributed by atoms with E-state index in [1.165, 1.54) is 0 Å². The number of para-hydroxylation sites is 1. The van der Waals surface area contributed by atoms with Crippen LogP contribution in [0.3, 0.4) is 0 Å². The van der Waals surface area contributed by atoms with Crippen LogP contribution < -0.4 is 11.5 Å². The van der Waals surface area contributed by atoms with Gasteiger partial charge in [0.2, 0.25) is 5.96 Å². The van der Waals surface area contributed by atoms with E-state index in [2.05, 4.69) is 10.2 Å². The van der Waals surface area contributed by atoms with E-state index in [4.69, 9.17) is 15.9 Å². The molecule has 0 saturated carbocycles. The third kappa shape index (κ3) is 2.03. The highest BCUT2D eigenvalue weighted by atomic mass is 16.3. The molecule has 1 aromatic heterocycles. The summed E-state index contributed by atoms with van der Waals surface area (Å²) in [5.74, 6) is 0.585. The fourth-order valence-corrected chi connectivity index (χ4v) is 1.34. The van der Waals surface area contributed by atoms with Gasteiger partial charge < -0.3 is 15.9 Å². The zero-order valence-corrected chi connectivity index (χ0v) is 8.84. The van der Waals surface area contributed by atoms with Crippen LogP contribution in [-0.2, 0) is 0 Å². The van der Waals surface area contributed by atoms with E-state index in [1.54, 1.807) is 6.92 Å². The Balaban J connectivity index is 2.40.